The van der Waals surface area contributed by atoms with E-state index in [0.717, 1.165) is 54.6 Å². The Kier molecular flexibility index (Phi) is 5.74. The number of fused-ring (bicyclic) bond motifs is 4. The molecule has 5 rings (SSSR count). The molecule has 4 heterocycles. The molecule has 0 radical (unpaired) electrons. The molecule has 2 aliphatic rings. The summed E-state index contributed by atoms with van der Waals surface area (Å²) in [6.07, 6.45) is 5.40. The molecule has 8 nitrogen and oxygen atoms in total. The molecule has 2 aliphatic heterocycles. The first kappa shape index (κ1) is 20.2. The highest BCUT2D eigenvalue weighted by molar-refractivity contribution is 5.93. The van der Waals surface area contributed by atoms with Crippen LogP contribution in [-0.4, -0.2) is 51.8 Å². The summed E-state index contributed by atoms with van der Waals surface area (Å²) in [5, 5.41) is 5.91. The highest BCUT2D eigenvalue weighted by Crippen LogP contribution is 2.34. The molecule has 1 unspecified atom stereocenters. The van der Waals surface area contributed by atoms with E-state index in [1.54, 1.807) is 6.20 Å². The average Bonchev–Trinajstić information content (AvgIpc) is 3.16. The van der Waals surface area contributed by atoms with Gasteiger partial charge in [0, 0.05) is 24.6 Å². The van der Waals surface area contributed by atoms with Crippen molar-refractivity contribution < 1.29 is 18.9 Å². The number of hydrogen-bond acceptors (Lipinski definition) is 7. The van der Waals surface area contributed by atoms with Crippen LogP contribution in [-0.2, 0) is 9.47 Å². The van der Waals surface area contributed by atoms with Crippen molar-refractivity contribution in [1.82, 2.24) is 19.7 Å². The number of aromatic nitrogens is 4. The van der Waals surface area contributed by atoms with Crippen LogP contribution in [0.1, 0.15) is 45.8 Å². The standard InChI is InChI=1S/C23H28N4O4/c1-15-9-12-28-14-16(2)30-17-6-7-20-18(13-17)22(19-8-10-24-23(25-19)31-15)26-27(20)21-5-3-4-11-29-21/h6-8,10,13,15-16,21H,3-5,9,11-12,14H2,1-2H3/t15-,16+,21?/m1/s1. The van der Waals surface area contributed by atoms with E-state index in [4.69, 9.17) is 24.0 Å². The molecule has 1 saturated heterocycles. The molecule has 0 N–H and O–H groups in total. The summed E-state index contributed by atoms with van der Waals surface area (Å²) in [7, 11) is 0. The van der Waals surface area contributed by atoms with Gasteiger partial charge >= 0.3 is 6.01 Å². The van der Waals surface area contributed by atoms with E-state index in [1.807, 2.05) is 42.8 Å². The van der Waals surface area contributed by atoms with Crippen LogP contribution in [0.2, 0.25) is 0 Å². The summed E-state index contributed by atoms with van der Waals surface area (Å²) in [6.45, 7) is 5.85. The first-order valence-corrected chi connectivity index (χ1v) is 11.1. The number of hydrogen-bond donors (Lipinski definition) is 0. The maximum atomic E-state index is 6.13. The predicted molar refractivity (Wildman–Crippen MR) is 115 cm³/mol. The fourth-order valence-electron chi connectivity index (χ4n) is 4.05. The van der Waals surface area contributed by atoms with Gasteiger partial charge in [-0.15, -0.1) is 0 Å². The van der Waals surface area contributed by atoms with E-state index in [1.165, 1.54) is 0 Å². The molecule has 4 bridgehead atoms. The van der Waals surface area contributed by atoms with Crippen molar-refractivity contribution in [3.63, 3.8) is 0 Å². The third-order valence-corrected chi connectivity index (χ3v) is 5.65. The fraction of sp³-hybridized carbons (Fsp3) is 0.522. The van der Waals surface area contributed by atoms with Gasteiger partial charge in [-0.05, 0) is 57.4 Å². The van der Waals surface area contributed by atoms with Gasteiger partial charge in [-0.2, -0.15) is 10.1 Å². The molecular formula is C23H28N4O4. The van der Waals surface area contributed by atoms with Gasteiger partial charge in [-0.3, -0.25) is 0 Å². The number of ether oxygens (including phenoxy) is 4. The second-order valence-electron chi connectivity index (χ2n) is 8.24. The Bertz CT molecular complexity index is 1050. The summed E-state index contributed by atoms with van der Waals surface area (Å²) >= 11 is 0. The summed E-state index contributed by atoms with van der Waals surface area (Å²) < 4.78 is 25.9. The maximum Gasteiger partial charge on any atom is 0.317 e. The van der Waals surface area contributed by atoms with Crippen molar-refractivity contribution >= 4 is 10.9 Å². The zero-order valence-electron chi connectivity index (χ0n) is 18.0. The van der Waals surface area contributed by atoms with E-state index < -0.39 is 0 Å². The predicted octanol–water partition coefficient (Wildman–Crippen LogP) is 4.15. The fourth-order valence-corrected chi connectivity index (χ4v) is 4.05. The van der Waals surface area contributed by atoms with E-state index in [2.05, 4.69) is 9.97 Å². The molecule has 8 heteroatoms. The molecule has 0 amide bonds. The van der Waals surface area contributed by atoms with Crippen molar-refractivity contribution in [2.75, 3.05) is 19.8 Å². The molecule has 1 aromatic carbocycles. The van der Waals surface area contributed by atoms with E-state index in [-0.39, 0.29) is 18.4 Å². The Balaban J connectivity index is 1.63. The second kappa shape index (κ2) is 8.80. The minimum absolute atomic E-state index is 0.0640. The van der Waals surface area contributed by atoms with Gasteiger partial charge < -0.3 is 18.9 Å². The lowest BCUT2D eigenvalue weighted by Gasteiger charge is -2.23. The normalized spacial score (nSPS) is 24.8. The van der Waals surface area contributed by atoms with E-state index in [0.29, 0.717) is 24.9 Å². The summed E-state index contributed by atoms with van der Waals surface area (Å²) in [4.78, 5) is 8.95. The van der Waals surface area contributed by atoms with Crippen LogP contribution in [0, 0.1) is 0 Å². The topological polar surface area (TPSA) is 80.5 Å². The molecule has 0 aliphatic carbocycles. The van der Waals surface area contributed by atoms with Crippen molar-refractivity contribution in [2.45, 2.75) is 58.0 Å². The lowest BCUT2D eigenvalue weighted by molar-refractivity contribution is -0.0365. The zero-order valence-corrected chi connectivity index (χ0v) is 18.0. The average molecular weight is 425 g/mol. The number of rotatable bonds is 1. The molecule has 164 valence electrons. The van der Waals surface area contributed by atoms with Crippen molar-refractivity contribution in [2.24, 2.45) is 0 Å². The van der Waals surface area contributed by atoms with Gasteiger partial charge in [-0.1, -0.05) is 0 Å². The maximum absolute atomic E-state index is 6.13. The van der Waals surface area contributed by atoms with E-state index in [9.17, 15) is 0 Å². The summed E-state index contributed by atoms with van der Waals surface area (Å²) in [6, 6.07) is 8.27. The molecule has 0 saturated carbocycles. The monoisotopic (exact) mass is 424 g/mol. The Hall–Kier alpha value is -2.71. The van der Waals surface area contributed by atoms with Crippen LogP contribution in [0.4, 0.5) is 0 Å². The molecular weight excluding hydrogens is 396 g/mol. The minimum atomic E-state index is -0.0766. The van der Waals surface area contributed by atoms with Crippen LogP contribution in [0.25, 0.3) is 22.3 Å². The smallest absolute Gasteiger partial charge is 0.317 e. The molecule has 31 heavy (non-hydrogen) atoms. The van der Waals surface area contributed by atoms with Crippen molar-refractivity contribution in [3.8, 4) is 23.1 Å². The van der Waals surface area contributed by atoms with Crippen LogP contribution >= 0.6 is 0 Å². The van der Waals surface area contributed by atoms with Gasteiger partial charge in [0.25, 0.3) is 0 Å². The first-order chi connectivity index (χ1) is 15.2. The van der Waals surface area contributed by atoms with Gasteiger partial charge in [-0.25, -0.2) is 9.67 Å². The van der Waals surface area contributed by atoms with Crippen molar-refractivity contribution in [3.05, 3.63) is 30.5 Å². The quantitative estimate of drug-likeness (QED) is 0.580. The molecule has 3 atom stereocenters. The van der Waals surface area contributed by atoms with Crippen LogP contribution in [0.3, 0.4) is 0 Å². The number of nitrogens with zero attached hydrogens (tertiary/aromatic N) is 4. The third-order valence-electron chi connectivity index (χ3n) is 5.65. The van der Waals surface area contributed by atoms with E-state index >= 15 is 0 Å². The lowest BCUT2D eigenvalue weighted by atomic mass is 10.1. The van der Waals surface area contributed by atoms with Gasteiger partial charge in [0.15, 0.2) is 6.23 Å². The number of benzene rings is 1. The van der Waals surface area contributed by atoms with Crippen LogP contribution in [0.15, 0.2) is 30.5 Å². The SMILES string of the molecule is C[C@@H]1CCOC[C@H](C)Oc2ccc3c(c2)c(nn3C2CCCCO2)-c2ccnc(n2)O1. The zero-order chi connectivity index (χ0) is 21.2. The van der Waals surface area contributed by atoms with Gasteiger partial charge in [0.05, 0.1) is 24.4 Å². The molecule has 2 aromatic heterocycles. The first-order valence-electron chi connectivity index (χ1n) is 11.1. The molecule has 1 fully saturated rings. The Morgan fingerprint density at radius 3 is 2.81 bits per heavy atom. The highest BCUT2D eigenvalue weighted by atomic mass is 16.5. The summed E-state index contributed by atoms with van der Waals surface area (Å²) in [5.74, 6) is 0.780. The Labute approximate surface area is 181 Å². The Morgan fingerprint density at radius 2 is 1.94 bits per heavy atom. The summed E-state index contributed by atoms with van der Waals surface area (Å²) in [5.41, 5.74) is 2.48. The van der Waals surface area contributed by atoms with Crippen LogP contribution in [0.5, 0.6) is 11.8 Å². The van der Waals surface area contributed by atoms with Gasteiger partial charge in [0.1, 0.15) is 23.7 Å². The highest BCUT2D eigenvalue weighted by Gasteiger charge is 2.23. The lowest BCUT2D eigenvalue weighted by Crippen LogP contribution is -2.22. The van der Waals surface area contributed by atoms with Crippen molar-refractivity contribution in [1.29, 1.82) is 0 Å². The molecule has 0 spiro atoms. The van der Waals surface area contributed by atoms with Crippen LogP contribution < -0.4 is 9.47 Å². The molecule has 3 aromatic rings. The minimum Gasteiger partial charge on any atom is -0.488 e. The van der Waals surface area contributed by atoms with Gasteiger partial charge in [0.2, 0.25) is 0 Å². The Morgan fingerprint density at radius 1 is 1.00 bits per heavy atom. The largest absolute Gasteiger partial charge is 0.488 e. The third kappa shape index (κ3) is 4.36. The second-order valence-corrected chi connectivity index (χ2v) is 8.24.